The number of methoxy groups -OCH3 is 2. The van der Waals surface area contributed by atoms with Crippen molar-refractivity contribution < 1.29 is 28.2 Å². The number of fused-ring (bicyclic) bond motifs is 1. The Balaban J connectivity index is 1.97. The van der Waals surface area contributed by atoms with E-state index >= 15 is 0 Å². The molecule has 0 N–H and O–H groups in total. The van der Waals surface area contributed by atoms with Crippen molar-refractivity contribution in [2.75, 3.05) is 14.2 Å². The van der Waals surface area contributed by atoms with Crippen LogP contribution in [0.5, 0.6) is 11.5 Å². The van der Waals surface area contributed by atoms with Gasteiger partial charge in [0.1, 0.15) is 5.82 Å². The minimum atomic E-state index is -0.901. The molecule has 0 spiro atoms. The van der Waals surface area contributed by atoms with Crippen molar-refractivity contribution in [2.24, 2.45) is 4.99 Å². The third kappa shape index (κ3) is 4.52. The van der Waals surface area contributed by atoms with Crippen molar-refractivity contribution in [3.05, 3.63) is 90.4 Å². The molecule has 10 heteroatoms. The van der Waals surface area contributed by atoms with Crippen LogP contribution in [-0.4, -0.2) is 30.7 Å². The van der Waals surface area contributed by atoms with E-state index in [1.807, 2.05) is 0 Å². The number of nitrogens with zero attached hydrogens (tertiary/aromatic N) is 2. The summed E-state index contributed by atoms with van der Waals surface area (Å²) in [5, 5.41) is 0. The standard InChI is InChI=1S/C25H21FN2O6S/c1-13-21(24(31)33-4)22(16-9-10-18(34-14(2)29)19(11-16)32-3)28-23(30)20(35-25(28)27-13)12-15-7-5-6-8-17(15)26/h5-12,22H,1-4H3/b20-12+/t22-/m0/s1. The molecule has 1 aromatic heterocycles. The van der Waals surface area contributed by atoms with Crippen molar-refractivity contribution >= 4 is 29.4 Å². The molecule has 1 atom stereocenters. The maximum absolute atomic E-state index is 14.2. The maximum Gasteiger partial charge on any atom is 0.338 e. The number of halogens is 1. The Kier molecular flexibility index (Phi) is 6.65. The smallest absolute Gasteiger partial charge is 0.338 e. The second-order valence-corrected chi connectivity index (χ2v) is 8.61. The summed E-state index contributed by atoms with van der Waals surface area (Å²) in [4.78, 5) is 42.6. The average molecular weight is 497 g/mol. The molecule has 0 radical (unpaired) electrons. The van der Waals surface area contributed by atoms with Crippen molar-refractivity contribution in [2.45, 2.75) is 19.9 Å². The molecule has 0 saturated carbocycles. The van der Waals surface area contributed by atoms with Crippen LogP contribution in [-0.2, 0) is 14.3 Å². The lowest BCUT2D eigenvalue weighted by Crippen LogP contribution is -2.39. The Hall–Kier alpha value is -4.05. The largest absolute Gasteiger partial charge is 0.493 e. The summed E-state index contributed by atoms with van der Waals surface area (Å²) in [7, 11) is 2.65. The van der Waals surface area contributed by atoms with E-state index in [0.29, 0.717) is 16.1 Å². The Bertz CT molecular complexity index is 1550. The first kappa shape index (κ1) is 24.1. The maximum atomic E-state index is 14.2. The number of benzene rings is 2. The highest BCUT2D eigenvalue weighted by molar-refractivity contribution is 7.07. The van der Waals surface area contributed by atoms with Crippen LogP contribution in [0.2, 0.25) is 0 Å². The molecule has 8 nitrogen and oxygen atoms in total. The Morgan fingerprint density at radius 1 is 1.14 bits per heavy atom. The third-order valence-electron chi connectivity index (χ3n) is 5.38. The number of hydrogen-bond acceptors (Lipinski definition) is 8. The van der Waals surface area contributed by atoms with Gasteiger partial charge in [-0.3, -0.25) is 14.2 Å². The molecule has 35 heavy (non-hydrogen) atoms. The molecule has 0 aliphatic carbocycles. The summed E-state index contributed by atoms with van der Waals surface area (Å²) in [5.74, 6) is -1.21. The predicted molar refractivity (Wildman–Crippen MR) is 126 cm³/mol. The summed E-state index contributed by atoms with van der Waals surface area (Å²) < 4.78 is 31.4. The van der Waals surface area contributed by atoms with Gasteiger partial charge < -0.3 is 14.2 Å². The number of thiazole rings is 1. The molecule has 4 rings (SSSR count). The number of carbonyl (C=O) groups excluding carboxylic acids is 2. The lowest BCUT2D eigenvalue weighted by molar-refractivity contribution is -0.136. The van der Waals surface area contributed by atoms with E-state index in [1.165, 1.54) is 43.9 Å². The summed E-state index contributed by atoms with van der Waals surface area (Å²) >= 11 is 1.09. The normalized spacial score (nSPS) is 15.3. The van der Waals surface area contributed by atoms with E-state index in [2.05, 4.69) is 4.99 Å². The zero-order chi connectivity index (χ0) is 25.3. The summed E-state index contributed by atoms with van der Waals surface area (Å²) in [6.45, 7) is 2.92. The Morgan fingerprint density at radius 3 is 2.54 bits per heavy atom. The monoisotopic (exact) mass is 496 g/mol. The van der Waals surface area contributed by atoms with Crippen molar-refractivity contribution in [1.29, 1.82) is 0 Å². The summed E-state index contributed by atoms with van der Waals surface area (Å²) in [6, 6.07) is 9.94. The first-order valence-corrected chi connectivity index (χ1v) is 11.3. The van der Waals surface area contributed by atoms with Gasteiger partial charge in [0.15, 0.2) is 16.3 Å². The fraction of sp³-hybridized carbons (Fsp3) is 0.200. The van der Waals surface area contributed by atoms with Gasteiger partial charge in [0.05, 0.1) is 36.1 Å². The molecular weight excluding hydrogens is 475 g/mol. The molecule has 1 aliphatic rings. The second kappa shape index (κ2) is 9.67. The molecule has 0 unspecified atom stereocenters. The number of aromatic nitrogens is 1. The van der Waals surface area contributed by atoms with Crippen LogP contribution in [0.4, 0.5) is 4.39 Å². The first-order chi connectivity index (χ1) is 16.7. The van der Waals surface area contributed by atoms with E-state index in [0.717, 1.165) is 11.3 Å². The molecule has 3 aromatic rings. The molecule has 2 heterocycles. The molecule has 0 amide bonds. The molecule has 180 valence electrons. The zero-order valence-corrected chi connectivity index (χ0v) is 20.1. The van der Waals surface area contributed by atoms with E-state index in [1.54, 1.807) is 37.3 Å². The molecule has 2 aromatic carbocycles. The van der Waals surface area contributed by atoms with Crippen LogP contribution >= 0.6 is 11.3 Å². The molecular formula is C25H21FN2O6S. The van der Waals surface area contributed by atoms with Gasteiger partial charge in [0.25, 0.3) is 5.56 Å². The lowest BCUT2D eigenvalue weighted by Gasteiger charge is -2.25. The fourth-order valence-electron chi connectivity index (χ4n) is 3.83. The predicted octanol–water partition coefficient (Wildman–Crippen LogP) is 2.48. The van der Waals surface area contributed by atoms with E-state index in [9.17, 15) is 18.8 Å². The van der Waals surface area contributed by atoms with E-state index < -0.39 is 29.4 Å². The molecule has 0 bridgehead atoms. The number of hydrogen-bond donors (Lipinski definition) is 0. The number of carbonyl (C=O) groups is 2. The van der Waals surface area contributed by atoms with Gasteiger partial charge in [-0.15, -0.1) is 0 Å². The summed E-state index contributed by atoms with van der Waals surface area (Å²) in [6.07, 6.45) is 1.46. The van der Waals surface area contributed by atoms with Gasteiger partial charge in [-0.05, 0) is 36.8 Å². The van der Waals surface area contributed by atoms with E-state index in [4.69, 9.17) is 14.2 Å². The average Bonchev–Trinajstić information content (AvgIpc) is 3.13. The fourth-order valence-corrected chi connectivity index (χ4v) is 4.87. The highest BCUT2D eigenvalue weighted by Gasteiger charge is 2.33. The Labute approximate surface area is 203 Å². The van der Waals surface area contributed by atoms with Gasteiger partial charge in [0.2, 0.25) is 0 Å². The van der Waals surface area contributed by atoms with E-state index in [-0.39, 0.29) is 27.2 Å². The van der Waals surface area contributed by atoms with Gasteiger partial charge in [-0.25, -0.2) is 14.2 Å². The minimum absolute atomic E-state index is 0.166. The number of rotatable bonds is 5. The lowest BCUT2D eigenvalue weighted by atomic mass is 9.95. The minimum Gasteiger partial charge on any atom is -0.493 e. The number of ether oxygens (including phenoxy) is 3. The molecule has 0 saturated heterocycles. The highest BCUT2D eigenvalue weighted by atomic mass is 32.1. The van der Waals surface area contributed by atoms with Crippen LogP contribution in [0, 0.1) is 5.82 Å². The first-order valence-electron chi connectivity index (χ1n) is 10.5. The van der Waals surface area contributed by atoms with Crippen molar-refractivity contribution in [3.8, 4) is 11.5 Å². The SMILES string of the molecule is COC(=O)C1=C(C)N=c2s/c(=C/c3ccccc3F)c(=O)n2[C@H]1c1ccc(OC(C)=O)c(OC)c1. The molecule has 0 fully saturated rings. The number of esters is 2. The quantitative estimate of drug-likeness (QED) is 0.398. The highest BCUT2D eigenvalue weighted by Crippen LogP contribution is 2.36. The second-order valence-electron chi connectivity index (χ2n) is 7.60. The van der Waals surface area contributed by atoms with Crippen LogP contribution in [0.1, 0.15) is 31.0 Å². The van der Waals surface area contributed by atoms with Crippen LogP contribution in [0.25, 0.3) is 6.08 Å². The van der Waals surface area contributed by atoms with Gasteiger partial charge in [-0.2, -0.15) is 0 Å². The van der Waals surface area contributed by atoms with Crippen molar-refractivity contribution in [1.82, 2.24) is 4.57 Å². The van der Waals surface area contributed by atoms with Crippen LogP contribution in [0.15, 0.2) is 63.5 Å². The van der Waals surface area contributed by atoms with Gasteiger partial charge >= 0.3 is 11.9 Å². The van der Waals surface area contributed by atoms with Gasteiger partial charge in [0, 0.05) is 12.5 Å². The van der Waals surface area contributed by atoms with Gasteiger partial charge in [-0.1, -0.05) is 35.6 Å². The third-order valence-corrected chi connectivity index (χ3v) is 6.36. The summed E-state index contributed by atoms with van der Waals surface area (Å²) in [5.41, 5.74) is 0.860. The Morgan fingerprint density at radius 2 is 1.89 bits per heavy atom. The molecule has 1 aliphatic heterocycles. The topological polar surface area (TPSA) is 96.2 Å². The van der Waals surface area contributed by atoms with Crippen molar-refractivity contribution in [3.63, 3.8) is 0 Å². The zero-order valence-electron chi connectivity index (χ0n) is 19.3. The van der Waals surface area contributed by atoms with Crippen LogP contribution in [0.3, 0.4) is 0 Å². The van der Waals surface area contributed by atoms with Crippen LogP contribution < -0.4 is 24.4 Å². The number of allylic oxidation sites excluding steroid dienone is 1.